The third kappa shape index (κ3) is 3.13. The summed E-state index contributed by atoms with van der Waals surface area (Å²) in [7, 11) is 0. The van der Waals surface area contributed by atoms with Gasteiger partial charge in [0, 0.05) is 29.5 Å². The van der Waals surface area contributed by atoms with Gasteiger partial charge in [-0.15, -0.1) is 0 Å². The highest BCUT2D eigenvalue weighted by Gasteiger charge is 2.27. The molecule has 126 valence electrons. The van der Waals surface area contributed by atoms with Crippen LogP contribution in [-0.4, -0.2) is 9.13 Å². The fourth-order valence-corrected chi connectivity index (χ4v) is 4.17. The van der Waals surface area contributed by atoms with Crippen LogP contribution in [0.15, 0.2) is 24.3 Å². The molecule has 0 aliphatic carbocycles. The number of hydrogen-bond donors (Lipinski definition) is 0. The predicted molar refractivity (Wildman–Crippen MR) is 98.6 cm³/mol. The zero-order valence-electron chi connectivity index (χ0n) is 15.1. The van der Waals surface area contributed by atoms with Gasteiger partial charge in [0.25, 0.3) is 0 Å². The summed E-state index contributed by atoms with van der Waals surface area (Å²) in [5.74, 6) is 1.42. The van der Waals surface area contributed by atoms with Gasteiger partial charge in [-0.3, -0.25) is 0 Å². The minimum absolute atomic E-state index is 0.657. The SMILES string of the molecule is CCCCCC1Cc2ccc(CCC)n2-c2ccc(CCC)n21. The van der Waals surface area contributed by atoms with E-state index in [-0.39, 0.29) is 0 Å². The lowest BCUT2D eigenvalue weighted by Crippen LogP contribution is -2.25. The Morgan fingerprint density at radius 2 is 1.61 bits per heavy atom. The van der Waals surface area contributed by atoms with E-state index in [2.05, 4.69) is 54.2 Å². The van der Waals surface area contributed by atoms with E-state index in [0.29, 0.717) is 6.04 Å². The lowest BCUT2D eigenvalue weighted by atomic mass is 10.0. The Morgan fingerprint density at radius 1 is 0.870 bits per heavy atom. The van der Waals surface area contributed by atoms with Crippen molar-refractivity contribution in [1.29, 1.82) is 0 Å². The van der Waals surface area contributed by atoms with Gasteiger partial charge in [-0.1, -0.05) is 52.9 Å². The second kappa shape index (κ2) is 7.42. The van der Waals surface area contributed by atoms with Crippen LogP contribution in [-0.2, 0) is 19.3 Å². The Kier molecular flexibility index (Phi) is 5.30. The summed E-state index contributed by atoms with van der Waals surface area (Å²) in [6.45, 7) is 6.86. The summed E-state index contributed by atoms with van der Waals surface area (Å²) in [6, 6.07) is 10.1. The quantitative estimate of drug-likeness (QED) is 0.540. The van der Waals surface area contributed by atoms with Crippen molar-refractivity contribution in [3.05, 3.63) is 41.3 Å². The number of aromatic nitrogens is 2. The molecule has 2 aromatic rings. The van der Waals surface area contributed by atoms with Gasteiger partial charge in [0.05, 0.1) is 0 Å². The zero-order chi connectivity index (χ0) is 16.2. The first kappa shape index (κ1) is 16.4. The minimum Gasteiger partial charge on any atom is -0.328 e. The molecule has 1 aliphatic heterocycles. The van der Waals surface area contributed by atoms with Crippen LogP contribution in [0.1, 0.15) is 82.4 Å². The first-order valence-corrected chi connectivity index (χ1v) is 9.70. The van der Waals surface area contributed by atoms with E-state index in [1.807, 2.05) is 0 Å². The standard InChI is InChI=1S/C21H32N2/c1-4-7-8-11-19-16-20-13-12-17(9-5-2)23(20)21-15-14-18(10-6-3)22(19)21/h12-15,19H,4-11,16H2,1-3H3. The van der Waals surface area contributed by atoms with E-state index >= 15 is 0 Å². The number of unbranched alkanes of at least 4 members (excludes halogenated alkanes) is 2. The van der Waals surface area contributed by atoms with Crippen molar-refractivity contribution < 1.29 is 0 Å². The van der Waals surface area contributed by atoms with Crippen LogP contribution in [0.3, 0.4) is 0 Å². The third-order valence-electron chi connectivity index (χ3n) is 5.22. The van der Waals surface area contributed by atoms with Crippen LogP contribution >= 0.6 is 0 Å². The van der Waals surface area contributed by atoms with Gasteiger partial charge in [0.2, 0.25) is 0 Å². The molecule has 1 aliphatic rings. The number of fused-ring (bicyclic) bond motifs is 3. The summed E-state index contributed by atoms with van der Waals surface area (Å²) in [4.78, 5) is 0. The van der Waals surface area contributed by atoms with E-state index in [1.54, 1.807) is 0 Å². The molecule has 2 aromatic heterocycles. The van der Waals surface area contributed by atoms with E-state index in [0.717, 1.165) is 0 Å². The number of rotatable bonds is 8. The minimum atomic E-state index is 0.657. The summed E-state index contributed by atoms with van der Waals surface area (Å²) in [5, 5.41) is 0. The van der Waals surface area contributed by atoms with Crippen LogP contribution in [0.2, 0.25) is 0 Å². The molecular formula is C21H32N2. The van der Waals surface area contributed by atoms with Crippen molar-refractivity contribution in [2.45, 2.75) is 84.6 Å². The highest BCUT2D eigenvalue weighted by atomic mass is 15.2. The first-order chi connectivity index (χ1) is 11.3. The molecule has 2 nitrogen and oxygen atoms in total. The van der Waals surface area contributed by atoms with Crippen molar-refractivity contribution in [3.63, 3.8) is 0 Å². The van der Waals surface area contributed by atoms with Gasteiger partial charge in [0.1, 0.15) is 5.82 Å². The fraction of sp³-hybridized carbons (Fsp3) is 0.619. The highest BCUT2D eigenvalue weighted by molar-refractivity contribution is 5.40. The van der Waals surface area contributed by atoms with Gasteiger partial charge in [-0.05, 0) is 43.5 Å². The molecule has 0 amide bonds. The second-order valence-electron chi connectivity index (χ2n) is 7.06. The van der Waals surface area contributed by atoms with Crippen molar-refractivity contribution in [3.8, 4) is 5.82 Å². The van der Waals surface area contributed by atoms with Crippen molar-refractivity contribution in [2.24, 2.45) is 0 Å². The molecule has 1 unspecified atom stereocenters. The summed E-state index contributed by atoms with van der Waals surface area (Å²) >= 11 is 0. The Bertz CT molecular complexity index is 632. The lowest BCUT2D eigenvalue weighted by Gasteiger charge is -2.31. The molecule has 3 rings (SSSR count). The molecular weight excluding hydrogens is 280 g/mol. The molecule has 0 radical (unpaired) electrons. The molecule has 3 heterocycles. The Labute approximate surface area is 141 Å². The van der Waals surface area contributed by atoms with E-state index in [9.17, 15) is 0 Å². The van der Waals surface area contributed by atoms with Crippen LogP contribution in [0.4, 0.5) is 0 Å². The molecule has 1 atom stereocenters. The van der Waals surface area contributed by atoms with Crippen LogP contribution in [0.5, 0.6) is 0 Å². The molecule has 0 aromatic carbocycles. The van der Waals surface area contributed by atoms with Gasteiger partial charge in [-0.2, -0.15) is 0 Å². The fourth-order valence-electron chi connectivity index (χ4n) is 4.17. The zero-order valence-corrected chi connectivity index (χ0v) is 15.1. The average Bonchev–Trinajstić information content (AvgIpc) is 3.13. The van der Waals surface area contributed by atoms with Gasteiger partial charge < -0.3 is 9.13 Å². The van der Waals surface area contributed by atoms with Crippen LogP contribution < -0.4 is 0 Å². The normalized spacial score (nSPS) is 16.4. The molecule has 2 heteroatoms. The van der Waals surface area contributed by atoms with Gasteiger partial charge >= 0.3 is 0 Å². The van der Waals surface area contributed by atoms with Crippen molar-refractivity contribution >= 4 is 0 Å². The maximum Gasteiger partial charge on any atom is 0.117 e. The first-order valence-electron chi connectivity index (χ1n) is 9.70. The van der Waals surface area contributed by atoms with Crippen molar-refractivity contribution in [2.75, 3.05) is 0 Å². The van der Waals surface area contributed by atoms with E-state index < -0.39 is 0 Å². The smallest absolute Gasteiger partial charge is 0.117 e. The summed E-state index contributed by atoms with van der Waals surface area (Å²) < 4.78 is 5.21. The maximum atomic E-state index is 2.67. The molecule has 0 fully saturated rings. The molecule has 0 bridgehead atoms. The predicted octanol–water partition coefficient (Wildman–Crippen LogP) is 5.86. The van der Waals surface area contributed by atoms with Crippen LogP contribution in [0.25, 0.3) is 5.82 Å². The molecule has 0 spiro atoms. The number of nitrogens with zero attached hydrogens (tertiary/aromatic N) is 2. The van der Waals surface area contributed by atoms with Gasteiger partial charge in [0.15, 0.2) is 0 Å². The molecule has 23 heavy (non-hydrogen) atoms. The molecule has 0 saturated carbocycles. The molecule has 0 N–H and O–H groups in total. The highest BCUT2D eigenvalue weighted by Crippen LogP contribution is 2.35. The maximum absolute atomic E-state index is 2.67. The topological polar surface area (TPSA) is 9.86 Å². The summed E-state index contributed by atoms with van der Waals surface area (Å²) in [6.07, 6.45) is 11.4. The molecule has 0 saturated heterocycles. The van der Waals surface area contributed by atoms with Crippen molar-refractivity contribution in [1.82, 2.24) is 9.13 Å². The Balaban J connectivity index is 1.97. The Hall–Kier alpha value is -1.44. The monoisotopic (exact) mass is 312 g/mol. The number of aryl methyl sites for hydroxylation is 2. The largest absolute Gasteiger partial charge is 0.328 e. The second-order valence-corrected chi connectivity index (χ2v) is 7.06. The van der Waals surface area contributed by atoms with E-state index in [1.165, 1.54) is 80.7 Å². The third-order valence-corrected chi connectivity index (χ3v) is 5.22. The summed E-state index contributed by atoms with van der Waals surface area (Å²) in [5.41, 5.74) is 4.53. The lowest BCUT2D eigenvalue weighted by molar-refractivity contribution is 0.399. The number of hydrogen-bond acceptors (Lipinski definition) is 0. The van der Waals surface area contributed by atoms with Crippen LogP contribution in [0, 0.1) is 0 Å². The van der Waals surface area contributed by atoms with Gasteiger partial charge in [-0.25, -0.2) is 0 Å². The average molecular weight is 313 g/mol. The van der Waals surface area contributed by atoms with E-state index in [4.69, 9.17) is 0 Å². The Morgan fingerprint density at radius 3 is 2.35 bits per heavy atom.